The summed E-state index contributed by atoms with van der Waals surface area (Å²) in [5.74, 6) is -0.164. The Kier molecular flexibility index (Phi) is 4.98. The first-order chi connectivity index (χ1) is 12.3. The minimum atomic E-state index is -0.265. The van der Waals surface area contributed by atoms with Crippen molar-refractivity contribution >= 4 is 16.9 Å². The second-order valence-electron chi connectivity index (χ2n) is 7.58. The zero-order valence-corrected chi connectivity index (χ0v) is 15.5. The van der Waals surface area contributed by atoms with Crippen LogP contribution in [0.25, 0.3) is 11.0 Å². The number of fused-ring (bicyclic) bond motifs is 1. The third-order valence-electron chi connectivity index (χ3n) is 4.54. The highest BCUT2D eigenvalue weighted by molar-refractivity contribution is 5.80. The molecule has 5 heteroatoms. The molecule has 0 aliphatic heterocycles. The van der Waals surface area contributed by atoms with E-state index in [4.69, 9.17) is 0 Å². The number of benzene rings is 2. The summed E-state index contributed by atoms with van der Waals surface area (Å²) < 4.78 is 1.46. The summed E-state index contributed by atoms with van der Waals surface area (Å²) in [5, 5.41) is 2.89. The average molecular weight is 351 g/mol. The molecule has 0 fully saturated rings. The van der Waals surface area contributed by atoms with E-state index in [9.17, 15) is 9.59 Å². The van der Waals surface area contributed by atoms with Gasteiger partial charge in [0.05, 0.1) is 11.0 Å². The maximum Gasteiger partial charge on any atom is 0.326 e. The summed E-state index contributed by atoms with van der Waals surface area (Å²) >= 11 is 0. The molecule has 0 aliphatic rings. The van der Waals surface area contributed by atoms with E-state index in [1.165, 1.54) is 15.7 Å². The number of carbonyl (C=O) groups excluding carboxylic acids is 1. The molecule has 1 amide bonds. The van der Waals surface area contributed by atoms with Crippen molar-refractivity contribution in [3.05, 3.63) is 70.1 Å². The Bertz CT molecular complexity index is 959. The molecule has 26 heavy (non-hydrogen) atoms. The van der Waals surface area contributed by atoms with Crippen molar-refractivity contribution in [2.75, 3.05) is 6.54 Å². The van der Waals surface area contributed by atoms with E-state index in [1.54, 1.807) is 0 Å². The van der Waals surface area contributed by atoms with E-state index >= 15 is 0 Å². The first-order valence-electron chi connectivity index (χ1n) is 8.88. The molecular weight excluding hydrogens is 326 g/mol. The fraction of sp³-hybridized carbons (Fsp3) is 0.333. The van der Waals surface area contributed by atoms with Gasteiger partial charge in [0.15, 0.2) is 0 Å². The maximum atomic E-state index is 12.2. The van der Waals surface area contributed by atoms with Crippen LogP contribution in [0.15, 0.2) is 53.3 Å². The predicted octanol–water partition coefficient (Wildman–Crippen LogP) is 2.99. The molecule has 0 saturated heterocycles. The summed E-state index contributed by atoms with van der Waals surface area (Å²) in [7, 11) is 0. The molecule has 3 rings (SSSR count). The molecule has 0 unspecified atom stereocenters. The van der Waals surface area contributed by atoms with Crippen LogP contribution in [0.4, 0.5) is 0 Å². The zero-order chi connectivity index (χ0) is 18.7. The fourth-order valence-corrected chi connectivity index (χ4v) is 2.98. The average Bonchev–Trinajstić information content (AvgIpc) is 2.90. The van der Waals surface area contributed by atoms with Crippen molar-refractivity contribution in [2.45, 2.75) is 39.2 Å². The number of aromatic nitrogens is 2. The smallest absolute Gasteiger partial charge is 0.326 e. The molecule has 5 nitrogen and oxygen atoms in total. The van der Waals surface area contributed by atoms with Crippen LogP contribution in [0.2, 0.25) is 0 Å². The van der Waals surface area contributed by atoms with Crippen LogP contribution in [0.1, 0.15) is 31.9 Å². The third-order valence-corrected chi connectivity index (χ3v) is 4.54. The molecule has 0 bridgehead atoms. The molecule has 2 N–H and O–H groups in total. The van der Waals surface area contributed by atoms with Crippen molar-refractivity contribution in [1.82, 2.24) is 14.9 Å². The number of hydrogen-bond donors (Lipinski definition) is 2. The number of hydrogen-bond acceptors (Lipinski definition) is 2. The molecule has 0 saturated carbocycles. The van der Waals surface area contributed by atoms with Crippen LogP contribution >= 0.6 is 0 Å². The fourth-order valence-electron chi connectivity index (χ4n) is 2.98. The number of nitrogens with one attached hydrogen (secondary N) is 2. The van der Waals surface area contributed by atoms with Crippen LogP contribution in [0.5, 0.6) is 0 Å². The molecule has 1 aromatic heterocycles. The quantitative estimate of drug-likeness (QED) is 0.742. The number of imidazole rings is 1. The molecular formula is C21H25N3O2. The van der Waals surface area contributed by atoms with E-state index in [0.29, 0.717) is 6.54 Å². The maximum absolute atomic E-state index is 12.2. The largest absolute Gasteiger partial charge is 0.354 e. The predicted molar refractivity (Wildman–Crippen MR) is 104 cm³/mol. The van der Waals surface area contributed by atoms with Crippen LogP contribution in [-0.4, -0.2) is 22.0 Å². The van der Waals surface area contributed by atoms with Gasteiger partial charge in [0.1, 0.15) is 6.54 Å². The van der Waals surface area contributed by atoms with Crippen LogP contribution in [-0.2, 0) is 23.2 Å². The number of rotatable bonds is 5. The van der Waals surface area contributed by atoms with E-state index in [-0.39, 0.29) is 23.6 Å². The topological polar surface area (TPSA) is 66.9 Å². The van der Waals surface area contributed by atoms with Gasteiger partial charge in [-0.3, -0.25) is 9.36 Å². The van der Waals surface area contributed by atoms with E-state index in [1.807, 2.05) is 24.3 Å². The summed E-state index contributed by atoms with van der Waals surface area (Å²) in [6.07, 6.45) is 0.763. The summed E-state index contributed by atoms with van der Waals surface area (Å²) in [4.78, 5) is 27.0. The highest BCUT2D eigenvalue weighted by Gasteiger charge is 2.13. The Labute approximate surface area is 153 Å². The standard InChI is InChI=1S/C21H25N3O2/c1-21(2,3)16-10-8-15(9-11-16)12-13-22-19(25)14-24-18-7-5-4-6-17(18)23-20(24)26/h4-11H,12-14H2,1-3H3,(H,22,25)(H,23,26). The van der Waals surface area contributed by atoms with Crippen molar-refractivity contribution in [1.29, 1.82) is 0 Å². The van der Waals surface area contributed by atoms with Gasteiger partial charge in [-0.1, -0.05) is 57.2 Å². The lowest BCUT2D eigenvalue weighted by atomic mass is 9.86. The SMILES string of the molecule is CC(C)(C)c1ccc(CCNC(=O)Cn2c(=O)[nH]c3ccccc32)cc1. The highest BCUT2D eigenvalue weighted by atomic mass is 16.2. The van der Waals surface area contributed by atoms with Gasteiger partial charge in [0.2, 0.25) is 5.91 Å². The van der Waals surface area contributed by atoms with Gasteiger partial charge in [0.25, 0.3) is 0 Å². The Hall–Kier alpha value is -2.82. The lowest BCUT2D eigenvalue weighted by Crippen LogP contribution is -2.32. The molecule has 0 aliphatic carbocycles. The van der Waals surface area contributed by atoms with Gasteiger partial charge >= 0.3 is 5.69 Å². The minimum absolute atomic E-state index is 0.0197. The van der Waals surface area contributed by atoms with Gasteiger partial charge < -0.3 is 10.3 Å². The van der Waals surface area contributed by atoms with Gasteiger partial charge in [-0.05, 0) is 35.1 Å². The Morgan fingerprint density at radius 1 is 1.08 bits per heavy atom. The van der Waals surface area contributed by atoms with Crippen molar-refractivity contribution in [3.8, 4) is 0 Å². The first-order valence-corrected chi connectivity index (χ1v) is 8.88. The van der Waals surface area contributed by atoms with Gasteiger partial charge in [-0.15, -0.1) is 0 Å². The summed E-state index contributed by atoms with van der Waals surface area (Å²) in [6.45, 7) is 7.13. The van der Waals surface area contributed by atoms with Crippen molar-refractivity contribution < 1.29 is 4.79 Å². The number of H-pyrrole nitrogens is 1. The third kappa shape index (κ3) is 4.04. The number of amides is 1. The zero-order valence-electron chi connectivity index (χ0n) is 15.5. The lowest BCUT2D eigenvalue weighted by Gasteiger charge is -2.19. The Morgan fingerprint density at radius 2 is 1.77 bits per heavy atom. The molecule has 0 atom stereocenters. The second kappa shape index (κ2) is 7.20. The first kappa shape index (κ1) is 18.0. The molecule has 0 radical (unpaired) electrons. The number of carbonyl (C=O) groups is 1. The molecule has 2 aromatic carbocycles. The van der Waals surface area contributed by atoms with Gasteiger partial charge in [-0.2, -0.15) is 0 Å². The number of nitrogens with zero attached hydrogens (tertiary/aromatic N) is 1. The van der Waals surface area contributed by atoms with Gasteiger partial charge in [0, 0.05) is 6.54 Å². The Morgan fingerprint density at radius 3 is 2.46 bits per heavy atom. The number of para-hydroxylation sites is 2. The molecule has 1 heterocycles. The highest BCUT2D eigenvalue weighted by Crippen LogP contribution is 2.22. The van der Waals surface area contributed by atoms with Crippen molar-refractivity contribution in [3.63, 3.8) is 0 Å². The molecule has 3 aromatic rings. The van der Waals surface area contributed by atoms with Crippen LogP contribution in [0, 0.1) is 0 Å². The lowest BCUT2D eigenvalue weighted by molar-refractivity contribution is -0.121. The molecule has 0 spiro atoms. The summed E-state index contributed by atoms with van der Waals surface area (Å²) in [5.41, 5.74) is 3.83. The van der Waals surface area contributed by atoms with Crippen molar-refractivity contribution in [2.24, 2.45) is 0 Å². The monoisotopic (exact) mass is 351 g/mol. The van der Waals surface area contributed by atoms with Gasteiger partial charge in [-0.25, -0.2) is 4.79 Å². The van der Waals surface area contributed by atoms with E-state index in [2.05, 4.69) is 55.3 Å². The van der Waals surface area contributed by atoms with E-state index in [0.717, 1.165) is 17.5 Å². The second-order valence-corrected chi connectivity index (χ2v) is 7.58. The summed E-state index contributed by atoms with van der Waals surface area (Å²) in [6, 6.07) is 15.9. The Balaban J connectivity index is 1.56. The van der Waals surface area contributed by atoms with Crippen LogP contribution in [0.3, 0.4) is 0 Å². The molecule has 136 valence electrons. The normalized spacial score (nSPS) is 11.7. The van der Waals surface area contributed by atoms with E-state index < -0.39 is 0 Å². The number of aromatic amines is 1. The minimum Gasteiger partial charge on any atom is -0.354 e. The van der Waals surface area contributed by atoms with Crippen LogP contribution < -0.4 is 11.0 Å².